The Bertz CT molecular complexity index is 1550. The van der Waals surface area contributed by atoms with Crippen molar-refractivity contribution in [1.29, 1.82) is 0 Å². The van der Waals surface area contributed by atoms with Crippen LogP contribution in [0.1, 0.15) is 58.4 Å². The van der Waals surface area contributed by atoms with Crippen LogP contribution in [0.3, 0.4) is 0 Å². The Balaban J connectivity index is 1.78. The molecular weight excluding hydrogens is 612 g/mol. The molecule has 4 rings (SSSR count). The number of carbonyl (C=O) groups excluding carboxylic acids is 4. The molecule has 2 heterocycles. The third-order valence-electron chi connectivity index (χ3n) is 7.06. The van der Waals surface area contributed by atoms with E-state index in [4.69, 9.17) is 38.3 Å². The summed E-state index contributed by atoms with van der Waals surface area (Å²) in [6.07, 6.45) is -6.29. The van der Waals surface area contributed by atoms with Crippen molar-refractivity contribution in [1.82, 2.24) is 9.78 Å². The van der Waals surface area contributed by atoms with E-state index in [1.54, 1.807) is 4.68 Å². The number of benzene rings is 2. The standard InChI is InChI=1S/C34H40N2O11/c1-19(2)42-27-15-13-25(14-16-27)17-28-20(3)36(26-11-9-8-10-12-26)35-33(28)47-34-32(45-24(7)40)31(44-23(6)39)30(43-22(5)38)29(46-34)18-41-21(4)37/h8-16,19,29-32,34H,17-18H2,1-7H3/t29-,30-,31+,32-,34+/m1/s1. The lowest BCUT2D eigenvalue weighted by Crippen LogP contribution is -2.63. The van der Waals surface area contributed by atoms with Gasteiger partial charge in [-0.2, -0.15) is 0 Å². The highest BCUT2D eigenvalue weighted by Gasteiger charge is 2.53. The van der Waals surface area contributed by atoms with Crippen molar-refractivity contribution in [3.8, 4) is 17.3 Å². The van der Waals surface area contributed by atoms with Gasteiger partial charge in [0.2, 0.25) is 18.3 Å². The highest BCUT2D eigenvalue weighted by atomic mass is 16.7. The van der Waals surface area contributed by atoms with Crippen LogP contribution in [0.2, 0.25) is 0 Å². The van der Waals surface area contributed by atoms with Crippen molar-refractivity contribution in [3.05, 3.63) is 71.4 Å². The molecule has 0 N–H and O–H groups in total. The SMILES string of the molecule is CC(=O)OC[C@H]1O[C@@H](Oc2nn(-c3ccccc3)c(C)c2Cc2ccc(OC(C)C)cc2)[C@H](OC(C)=O)[C@@H](OC(C)=O)[C@@H]1OC(C)=O. The van der Waals surface area contributed by atoms with E-state index in [9.17, 15) is 19.2 Å². The molecule has 1 aliphatic heterocycles. The van der Waals surface area contributed by atoms with Gasteiger partial charge in [-0.1, -0.05) is 30.3 Å². The molecule has 13 heteroatoms. The zero-order valence-corrected chi connectivity index (χ0v) is 27.5. The molecule has 0 unspecified atom stereocenters. The second kappa shape index (κ2) is 15.6. The minimum absolute atomic E-state index is 0.0220. The monoisotopic (exact) mass is 652 g/mol. The first-order chi connectivity index (χ1) is 22.3. The fraction of sp³-hybridized carbons (Fsp3) is 0.441. The number of nitrogens with zero attached hydrogens (tertiary/aromatic N) is 2. The number of hydrogen-bond donors (Lipinski definition) is 0. The minimum atomic E-state index is -1.44. The number of esters is 4. The zero-order chi connectivity index (χ0) is 34.2. The molecule has 5 atom stereocenters. The fourth-order valence-electron chi connectivity index (χ4n) is 5.18. The van der Waals surface area contributed by atoms with Gasteiger partial charge < -0.3 is 33.2 Å². The molecule has 252 valence electrons. The Hall–Kier alpha value is -4.91. The molecule has 0 radical (unpaired) electrons. The van der Waals surface area contributed by atoms with E-state index in [0.717, 1.165) is 36.5 Å². The van der Waals surface area contributed by atoms with Crippen LogP contribution in [0.4, 0.5) is 0 Å². The number of ether oxygens (including phenoxy) is 7. The maximum Gasteiger partial charge on any atom is 0.303 e. The van der Waals surface area contributed by atoms with Crippen molar-refractivity contribution in [3.63, 3.8) is 0 Å². The van der Waals surface area contributed by atoms with Gasteiger partial charge in [-0.3, -0.25) is 19.2 Å². The van der Waals surface area contributed by atoms with Gasteiger partial charge in [-0.25, -0.2) is 4.68 Å². The molecule has 0 spiro atoms. The Morgan fingerprint density at radius 3 is 1.98 bits per heavy atom. The first kappa shape index (κ1) is 35.0. The summed E-state index contributed by atoms with van der Waals surface area (Å²) in [7, 11) is 0. The van der Waals surface area contributed by atoms with Gasteiger partial charge in [0.25, 0.3) is 0 Å². The van der Waals surface area contributed by atoms with Gasteiger partial charge in [-0.05, 0) is 50.6 Å². The molecule has 1 saturated heterocycles. The average molecular weight is 653 g/mol. The normalized spacial score (nSPS) is 20.6. The summed E-state index contributed by atoms with van der Waals surface area (Å²) in [5.41, 5.74) is 3.16. The van der Waals surface area contributed by atoms with Crippen molar-refractivity contribution < 1.29 is 52.3 Å². The zero-order valence-electron chi connectivity index (χ0n) is 27.5. The first-order valence-electron chi connectivity index (χ1n) is 15.2. The van der Waals surface area contributed by atoms with Crippen molar-refractivity contribution >= 4 is 23.9 Å². The summed E-state index contributed by atoms with van der Waals surface area (Å²) < 4.78 is 41.9. The quantitative estimate of drug-likeness (QED) is 0.205. The number of carbonyl (C=O) groups is 4. The lowest BCUT2D eigenvalue weighted by atomic mass is 9.98. The largest absolute Gasteiger partial charge is 0.491 e. The summed E-state index contributed by atoms with van der Waals surface area (Å²) in [5.74, 6) is -1.95. The van der Waals surface area contributed by atoms with Crippen LogP contribution >= 0.6 is 0 Å². The number of rotatable bonds is 12. The van der Waals surface area contributed by atoms with E-state index in [1.165, 1.54) is 13.8 Å². The predicted molar refractivity (Wildman–Crippen MR) is 166 cm³/mol. The maximum atomic E-state index is 12.3. The molecule has 0 aliphatic carbocycles. The number of hydrogen-bond acceptors (Lipinski definition) is 12. The van der Waals surface area contributed by atoms with E-state index in [1.807, 2.05) is 75.4 Å². The summed E-state index contributed by atoms with van der Waals surface area (Å²) >= 11 is 0. The van der Waals surface area contributed by atoms with Crippen molar-refractivity contribution in [2.75, 3.05) is 6.61 Å². The average Bonchev–Trinajstić information content (AvgIpc) is 3.29. The third-order valence-corrected chi connectivity index (χ3v) is 7.06. The molecule has 1 aliphatic rings. The molecule has 0 bridgehead atoms. The molecule has 3 aromatic rings. The van der Waals surface area contributed by atoms with Crippen LogP contribution in [-0.4, -0.2) is 77.1 Å². The van der Waals surface area contributed by atoms with Crippen molar-refractivity contribution in [2.24, 2.45) is 0 Å². The second-order valence-electron chi connectivity index (χ2n) is 11.3. The Kier molecular flexibility index (Phi) is 11.6. The molecule has 47 heavy (non-hydrogen) atoms. The molecule has 0 amide bonds. The summed E-state index contributed by atoms with van der Waals surface area (Å²) in [5, 5.41) is 4.76. The van der Waals surface area contributed by atoms with Gasteiger partial charge >= 0.3 is 23.9 Å². The smallest absolute Gasteiger partial charge is 0.303 e. The van der Waals surface area contributed by atoms with Crippen LogP contribution < -0.4 is 9.47 Å². The predicted octanol–water partition coefficient (Wildman–Crippen LogP) is 4.02. The van der Waals surface area contributed by atoms with Gasteiger partial charge in [-0.15, -0.1) is 5.10 Å². The number of para-hydroxylation sites is 1. The maximum absolute atomic E-state index is 12.3. The van der Waals surface area contributed by atoms with Crippen LogP contribution in [-0.2, 0) is 49.3 Å². The summed E-state index contributed by atoms with van der Waals surface area (Å²) in [4.78, 5) is 48.4. The van der Waals surface area contributed by atoms with E-state index in [-0.39, 0.29) is 18.6 Å². The lowest BCUT2D eigenvalue weighted by molar-refractivity contribution is -0.289. The Morgan fingerprint density at radius 2 is 1.40 bits per heavy atom. The highest BCUT2D eigenvalue weighted by Crippen LogP contribution is 2.34. The van der Waals surface area contributed by atoms with E-state index in [0.29, 0.717) is 12.0 Å². The molecule has 0 saturated carbocycles. The second-order valence-corrected chi connectivity index (χ2v) is 11.3. The molecule has 13 nitrogen and oxygen atoms in total. The van der Waals surface area contributed by atoms with Crippen molar-refractivity contribution in [2.45, 2.75) is 91.7 Å². The topological polar surface area (TPSA) is 151 Å². The fourth-order valence-corrected chi connectivity index (χ4v) is 5.18. The van der Waals surface area contributed by atoms with Gasteiger partial charge in [0.1, 0.15) is 18.5 Å². The van der Waals surface area contributed by atoms with Gasteiger partial charge in [0.15, 0.2) is 12.2 Å². The minimum Gasteiger partial charge on any atom is -0.491 e. The highest BCUT2D eigenvalue weighted by molar-refractivity contribution is 5.68. The molecule has 2 aromatic carbocycles. The van der Waals surface area contributed by atoms with Crippen LogP contribution in [0.25, 0.3) is 5.69 Å². The molecule has 1 fully saturated rings. The summed E-state index contributed by atoms with van der Waals surface area (Å²) in [6, 6.07) is 17.1. The van der Waals surface area contributed by atoms with Crippen LogP contribution in [0, 0.1) is 6.92 Å². The van der Waals surface area contributed by atoms with E-state index in [2.05, 4.69) is 0 Å². The Morgan fingerprint density at radius 1 is 0.809 bits per heavy atom. The third kappa shape index (κ3) is 9.32. The van der Waals surface area contributed by atoms with Gasteiger partial charge in [0, 0.05) is 45.4 Å². The number of aromatic nitrogens is 2. The van der Waals surface area contributed by atoms with Gasteiger partial charge in [0.05, 0.1) is 11.8 Å². The van der Waals surface area contributed by atoms with E-state index < -0.39 is 54.6 Å². The molecular formula is C34H40N2O11. The first-order valence-corrected chi connectivity index (χ1v) is 15.2. The van der Waals surface area contributed by atoms with E-state index >= 15 is 0 Å². The Labute approximate surface area is 273 Å². The lowest BCUT2D eigenvalue weighted by Gasteiger charge is -2.43. The van der Waals surface area contributed by atoms with Crippen LogP contribution in [0.5, 0.6) is 11.6 Å². The summed E-state index contributed by atoms with van der Waals surface area (Å²) in [6.45, 7) is 10.1. The van der Waals surface area contributed by atoms with Crippen LogP contribution in [0.15, 0.2) is 54.6 Å². The molecule has 1 aromatic heterocycles.